The zero-order chi connectivity index (χ0) is 11.0. The van der Waals surface area contributed by atoms with Gasteiger partial charge >= 0.3 is 0 Å². The van der Waals surface area contributed by atoms with Crippen molar-refractivity contribution in [3.8, 4) is 0 Å². The van der Waals surface area contributed by atoms with E-state index in [2.05, 4.69) is 10.1 Å². The number of nitrogens with two attached hydrogens (primary N) is 1. The van der Waals surface area contributed by atoms with Gasteiger partial charge in [-0.1, -0.05) is 5.16 Å². The lowest BCUT2D eigenvalue weighted by atomic mass is 10.1. The van der Waals surface area contributed by atoms with E-state index in [4.69, 9.17) is 10.3 Å². The summed E-state index contributed by atoms with van der Waals surface area (Å²) in [5, 5.41) is 4.59. The number of hydrogen-bond acceptors (Lipinski definition) is 5. The highest BCUT2D eigenvalue weighted by molar-refractivity contribution is 7.99. The number of nitrogens with zero attached hydrogens (tertiary/aromatic N) is 2. The van der Waals surface area contributed by atoms with Gasteiger partial charge in [-0.2, -0.15) is 16.7 Å². The Kier molecular flexibility index (Phi) is 2.90. The molecule has 1 saturated carbocycles. The van der Waals surface area contributed by atoms with Crippen molar-refractivity contribution in [3.63, 3.8) is 0 Å². The van der Waals surface area contributed by atoms with Crippen LogP contribution < -0.4 is 5.73 Å². The molecule has 5 heteroatoms. The van der Waals surface area contributed by atoms with E-state index in [-0.39, 0.29) is 0 Å². The van der Waals surface area contributed by atoms with Crippen molar-refractivity contribution < 1.29 is 4.52 Å². The summed E-state index contributed by atoms with van der Waals surface area (Å²) in [4.78, 5) is 4.55. The van der Waals surface area contributed by atoms with Crippen LogP contribution in [0.5, 0.6) is 0 Å². The molecule has 2 aliphatic rings. The topological polar surface area (TPSA) is 64.9 Å². The van der Waals surface area contributed by atoms with E-state index in [9.17, 15) is 0 Å². The Hall–Kier alpha value is -0.550. The predicted molar refractivity (Wildman–Crippen MR) is 63.3 cm³/mol. The third-order valence-corrected chi connectivity index (χ3v) is 4.87. The molecule has 0 spiro atoms. The maximum Gasteiger partial charge on any atom is 0.229 e. The van der Waals surface area contributed by atoms with Gasteiger partial charge in [0.2, 0.25) is 5.89 Å². The molecule has 1 aromatic heterocycles. The van der Waals surface area contributed by atoms with Crippen molar-refractivity contribution in [2.75, 3.05) is 5.75 Å². The minimum Gasteiger partial charge on any atom is -0.339 e. The fourth-order valence-electron chi connectivity index (χ4n) is 2.57. The molecule has 2 heterocycles. The van der Waals surface area contributed by atoms with Crippen molar-refractivity contribution >= 4 is 11.8 Å². The van der Waals surface area contributed by atoms with E-state index < -0.39 is 0 Å². The molecule has 2 fully saturated rings. The van der Waals surface area contributed by atoms with Gasteiger partial charge in [-0.05, 0) is 37.9 Å². The van der Waals surface area contributed by atoms with Crippen molar-refractivity contribution in [1.29, 1.82) is 0 Å². The second kappa shape index (κ2) is 4.37. The highest BCUT2D eigenvalue weighted by atomic mass is 32.2. The lowest BCUT2D eigenvalue weighted by Crippen LogP contribution is -2.14. The Labute approximate surface area is 99.4 Å². The predicted octanol–water partition coefficient (Wildman–Crippen LogP) is 2.23. The molecule has 4 nitrogen and oxygen atoms in total. The van der Waals surface area contributed by atoms with E-state index in [0.29, 0.717) is 17.2 Å². The van der Waals surface area contributed by atoms with Crippen LogP contribution in [0.1, 0.15) is 55.0 Å². The fourth-order valence-corrected chi connectivity index (χ4v) is 3.76. The van der Waals surface area contributed by atoms with Gasteiger partial charge in [0, 0.05) is 12.0 Å². The van der Waals surface area contributed by atoms with Crippen molar-refractivity contribution in [2.45, 2.75) is 49.3 Å². The Morgan fingerprint density at radius 2 is 2.25 bits per heavy atom. The molecule has 1 aromatic rings. The van der Waals surface area contributed by atoms with E-state index in [1.165, 1.54) is 18.6 Å². The first-order valence-electron chi connectivity index (χ1n) is 6.03. The Morgan fingerprint density at radius 3 is 2.94 bits per heavy atom. The molecule has 16 heavy (non-hydrogen) atoms. The van der Waals surface area contributed by atoms with Crippen LogP contribution in [0.2, 0.25) is 0 Å². The van der Waals surface area contributed by atoms with Gasteiger partial charge in [-0.3, -0.25) is 0 Å². The fraction of sp³-hybridized carbons (Fsp3) is 0.818. The van der Waals surface area contributed by atoms with Crippen LogP contribution in [-0.2, 0) is 0 Å². The molecule has 3 rings (SSSR count). The van der Waals surface area contributed by atoms with E-state index >= 15 is 0 Å². The van der Waals surface area contributed by atoms with Gasteiger partial charge in [-0.15, -0.1) is 0 Å². The van der Waals surface area contributed by atoms with E-state index in [1.807, 2.05) is 11.8 Å². The third-order valence-electron chi connectivity index (χ3n) is 3.50. The van der Waals surface area contributed by atoms with Gasteiger partial charge < -0.3 is 10.3 Å². The normalized spacial score (nSPS) is 34.7. The summed E-state index contributed by atoms with van der Waals surface area (Å²) in [6, 6.07) is 0.321. The Morgan fingerprint density at radius 1 is 1.31 bits per heavy atom. The summed E-state index contributed by atoms with van der Waals surface area (Å²) in [6.07, 6.45) is 5.64. The van der Waals surface area contributed by atoms with Crippen LogP contribution in [0, 0.1) is 0 Å². The zero-order valence-corrected chi connectivity index (χ0v) is 10.1. The third kappa shape index (κ3) is 1.98. The van der Waals surface area contributed by atoms with Crippen LogP contribution in [0.3, 0.4) is 0 Å². The molecular weight excluding hydrogens is 222 g/mol. The summed E-state index contributed by atoms with van der Waals surface area (Å²) in [5.74, 6) is 3.35. The highest BCUT2D eigenvalue weighted by Crippen LogP contribution is 2.39. The number of aromatic nitrogens is 2. The molecule has 0 radical (unpaired) electrons. The Bertz CT molecular complexity index is 362. The van der Waals surface area contributed by atoms with E-state index in [0.717, 1.165) is 31.0 Å². The Balaban J connectivity index is 1.72. The number of hydrogen-bond donors (Lipinski definition) is 1. The number of rotatable bonds is 2. The lowest BCUT2D eigenvalue weighted by Gasteiger charge is -2.02. The van der Waals surface area contributed by atoms with E-state index in [1.54, 1.807) is 0 Å². The highest BCUT2D eigenvalue weighted by Gasteiger charge is 2.30. The summed E-state index contributed by atoms with van der Waals surface area (Å²) >= 11 is 1.94. The molecule has 0 bridgehead atoms. The molecule has 1 aliphatic heterocycles. The minimum atomic E-state index is 0.321. The van der Waals surface area contributed by atoms with Crippen molar-refractivity contribution in [2.24, 2.45) is 5.73 Å². The molecule has 88 valence electrons. The molecule has 2 N–H and O–H groups in total. The van der Waals surface area contributed by atoms with Gasteiger partial charge in [0.1, 0.15) is 0 Å². The van der Waals surface area contributed by atoms with Crippen molar-refractivity contribution in [3.05, 3.63) is 11.7 Å². The van der Waals surface area contributed by atoms with Gasteiger partial charge in [-0.25, -0.2) is 0 Å². The van der Waals surface area contributed by atoms with Crippen molar-refractivity contribution in [1.82, 2.24) is 10.1 Å². The second-order valence-electron chi connectivity index (χ2n) is 4.76. The quantitative estimate of drug-likeness (QED) is 0.857. The van der Waals surface area contributed by atoms with Gasteiger partial charge in [0.25, 0.3) is 0 Å². The lowest BCUT2D eigenvalue weighted by molar-refractivity contribution is 0.349. The molecule has 0 amide bonds. The summed E-state index contributed by atoms with van der Waals surface area (Å²) in [6.45, 7) is 0. The molecule has 0 aromatic carbocycles. The summed E-state index contributed by atoms with van der Waals surface area (Å²) in [5.41, 5.74) is 5.90. The SMILES string of the molecule is N[C@H]1CC[C@@H](c2nc(C3CCCS3)no2)C1. The molecule has 3 atom stereocenters. The summed E-state index contributed by atoms with van der Waals surface area (Å²) < 4.78 is 5.38. The monoisotopic (exact) mass is 239 g/mol. The molecular formula is C11H17N3OS. The summed E-state index contributed by atoms with van der Waals surface area (Å²) in [7, 11) is 0. The minimum absolute atomic E-state index is 0.321. The molecule has 1 saturated heterocycles. The average molecular weight is 239 g/mol. The van der Waals surface area contributed by atoms with Crippen LogP contribution in [0.15, 0.2) is 4.52 Å². The van der Waals surface area contributed by atoms with Crippen LogP contribution in [-0.4, -0.2) is 21.9 Å². The first-order chi connectivity index (χ1) is 7.83. The first-order valence-corrected chi connectivity index (χ1v) is 7.08. The van der Waals surface area contributed by atoms with Crippen LogP contribution in [0.4, 0.5) is 0 Å². The van der Waals surface area contributed by atoms with Gasteiger partial charge in [0.15, 0.2) is 5.82 Å². The van der Waals surface area contributed by atoms with Crippen LogP contribution in [0.25, 0.3) is 0 Å². The molecule has 1 aliphatic carbocycles. The number of thioether (sulfide) groups is 1. The largest absolute Gasteiger partial charge is 0.339 e. The maximum atomic E-state index is 5.90. The van der Waals surface area contributed by atoms with Crippen LogP contribution >= 0.6 is 11.8 Å². The maximum absolute atomic E-state index is 5.90. The first kappa shape index (κ1) is 10.6. The average Bonchev–Trinajstić information content (AvgIpc) is 2.97. The van der Waals surface area contributed by atoms with Gasteiger partial charge in [0.05, 0.1) is 5.25 Å². The molecule has 1 unspecified atom stereocenters. The smallest absolute Gasteiger partial charge is 0.229 e. The second-order valence-corrected chi connectivity index (χ2v) is 6.07. The zero-order valence-electron chi connectivity index (χ0n) is 9.26. The standard InChI is InChI=1S/C11H17N3OS/c12-8-4-3-7(6-8)11-13-10(14-15-11)9-2-1-5-16-9/h7-9H,1-6,12H2/t7-,8+,9?/m1/s1.